The Bertz CT molecular complexity index is 1090. The Morgan fingerprint density at radius 3 is 2.71 bits per heavy atom. The van der Waals surface area contributed by atoms with Gasteiger partial charge < -0.3 is 25.3 Å². The first kappa shape index (κ1) is 22.9. The highest BCUT2D eigenvalue weighted by Gasteiger charge is 2.52. The normalized spacial score (nSPS) is 22.3. The van der Waals surface area contributed by atoms with Crippen LogP contribution in [0.4, 0.5) is 17.3 Å². The summed E-state index contributed by atoms with van der Waals surface area (Å²) in [5, 5.41) is 6.95. The van der Waals surface area contributed by atoms with Crippen LogP contribution in [0, 0.1) is 0 Å². The minimum absolute atomic E-state index is 0.0809. The molecule has 0 spiro atoms. The molecule has 3 heterocycles. The number of fused-ring (bicyclic) bond motifs is 2. The monoisotopic (exact) mass is 483 g/mol. The second kappa shape index (κ2) is 9.03. The summed E-state index contributed by atoms with van der Waals surface area (Å²) >= 11 is 6.09. The van der Waals surface area contributed by atoms with Gasteiger partial charge in [-0.05, 0) is 24.1 Å². The highest BCUT2D eigenvalue weighted by molar-refractivity contribution is 6.30. The third-order valence-corrected chi connectivity index (χ3v) is 7.04. The molecule has 10 heteroatoms. The fourth-order valence-corrected chi connectivity index (χ4v) is 5.13. The molecule has 1 aromatic heterocycles. The van der Waals surface area contributed by atoms with Crippen molar-refractivity contribution in [3.63, 3.8) is 0 Å². The molecule has 9 nitrogen and oxygen atoms in total. The zero-order valence-corrected chi connectivity index (χ0v) is 20.4. The number of hydrogen-bond donors (Lipinski definition) is 2. The summed E-state index contributed by atoms with van der Waals surface area (Å²) in [6, 6.07) is 8.25. The molecular weight excluding hydrogens is 454 g/mol. The van der Waals surface area contributed by atoms with E-state index in [1.165, 1.54) is 6.33 Å². The highest BCUT2D eigenvalue weighted by Crippen LogP contribution is 2.44. The van der Waals surface area contributed by atoms with Gasteiger partial charge in [-0.15, -0.1) is 0 Å². The van der Waals surface area contributed by atoms with Crippen molar-refractivity contribution >= 4 is 40.7 Å². The van der Waals surface area contributed by atoms with E-state index in [1.807, 2.05) is 41.1 Å². The van der Waals surface area contributed by atoms with Crippen LogP contribution in [0.25, 0.3) is 0 Å². The molecule has 5 rings (SSSR count). The Morgan fingerprint density at radius 2 is 1.97 bits per heavy atom. The maximum atomic E-state index is 13.8. The molecule has 180 valence electrons. The SMILES string of the molecule is CC(C)NC[C@@H](C(=O)N1CCN(c2ncnc3c2N(C)CC(=O)N3)C2C[C@H]21)c1ccc(Cl)cc1. The second-order valence-corrected chi connectivity index (χ2v) is 10.00. The predicted molar refractivity (Wildman–Crippen MR) is 133 cm³/mol. The molecule has 1 unspecified atom stereocenters. The van der Waals surface area contributed by atoms with Gasteiger partial charge in [-0.3, -0.25) is 9.59 Å². The largest absolute Gasteiger partial charge is 0.359 e. The quantitative estimate of drug-likeness (QED) is 0.649. The summed E-state index contributed by atoms with van der Waals surface area (Å²) in [5.41, 5.74) is 1.82. The van der Waals surface area contributed by atoms with E-state index in [-0.39, 0.29) is 42.4 Å². The molecule has 1 saturated heterocycles. The average molecular weight is 484 g/mol. The molecule has 2 aliphatic heterocycles. The van der Waals surface area contributed by atoms with Crippen molar-refractivity contribution in [2.75, 3.05) is 48.3 Å². The van der Waals surface area contributed by atoms with Crippen LogP contribution >= 0.6 is 11.6 Å². The van der Waals surface area contributed by atoms with Crippen molar-refractivity contribution in [2.24, 2.45) is 0 Å². The Hall–Kier alpha value is -2.91. The smallest absolute Gasteiger partial charge is 0.245 e. The van der Waals surface area contributed by atoms with Gasteiger partial charge in [0.1, 0.15) is 12.0 Å². The fraction of sp³-hybridized carbons (Fsp3) is 0.500. The second-order valence-electron chi connectivity index (χ2n) is 9.56. The van der Waals surface area contributed by atoms with E-state index in [0.29, 0.717) is 30.5 Å². The van der Waals surface area contributed by atoms with E-state index in [4.69, 9.17) is 11.6 Å². The van der Waals surface area contributed by atoms with Gasteiger partial charge in [-0.25, -0.2) is 9.97 Å². The molecular formula is C24H30ClN7O2. The zero-order valence-electron chi connectivity index (χ0n) is 19.7. The number of carbonyl (C=O) groups is 2. The number of piperazine rings is 1. The summed E-state index contributed by atoms with van der Waals surface area (Å²) < 4.78 is 0. The molecule has 2 amide bonds. The summed E-state index contributed by atoms with van der Waals surface area (Å²) in [4.78, 5) is 40.7. The van der Waals surface area contributed by atoms with Crippen molar-refractivity contribution < 1.29 is 9.59 Å². The molecule has 1 aliphatic carbocycles. The van der Waals surface area contributed by atoms with E-state index in [1.54, 1.807) is 0 Å². The minimum atomic E-state index is -0.263. The first-order chi connectivity index (χ1) is 16.3. The first-order valence-electron chi connectivity index (χ1n) is 11.8. The van der Waals surface area contributed by atoms with Gasteiger partial charge in [0.05, 0.1) is 24.5 Å². The molecule has 1 aromatic carbocycles. The Morgan fingerprint density at radius 1 is 1.21 bits per heavy atom. The van der Waals surface area contributed by atoms with E-state index in [9.17, 15) is 9.59 Å². The number of likely N-dealkylation sites (N-methyl/N-ethyl adjacent to an activating group) is 1. The van der Waals surface area contributed by atoms with Crippen LogP contribution in [0.15, 0.2) is 30.6 Å². The topological polar surface area (TPSA) is 93.7 Å². The van der Waals surface area contributed by atoms with Crippen LogP contribution < -0.4 is 20.4 Å². The van der Waals surface area contributed by atoms with Gasteiger partial charge in [0, 0.05) is 37.7 Å². The predicted octanol–water partition coefficient (Wildman–Crippen LogP) is 2.09. The number of nitrogens with zero attached hydrogens (tertiary/aromatic N) is 5. The van der Waals surface area contributed by atoms with E-state index in [0.717, 1.165) is 23.5 Å². The van der Waals surface area contributed by atoms with Gasteiger partial charge in [0.15, 0.2) is 11.6 Å². The maximum absolute atomic E-state index is 13.8. The Labute approximate surface area is 204 Å². The molecule has 0 bridgehead atoms. The van der Waals surface area contributed by atoms with Crippen LogP contribution in [0.1, 0.15) is 31.7 Å². The van der Waals surface area contributed by atoms with Crippen LogP contribution in [-0.4, -0.2) is 78.0 Å². The summed E-state index contributed by atoms with van der Waals surface area (Å²) in [6.07, 6.45) is 2.40. The number of rotatable bonds is 6. The lowest BCUT2D eigenvalue weighted by Gasteiger charge is -2.39. The van der Waals surface area contributed by atoms with Crippen molar-refractivity contribution in [1.29, 1.82) is 0 Å². The molecule has 2 fully saturated rings. The summed E-state index contributed by atoms with van der Waals surface area (Å²) in [7, 11) is 1.88. The van der Waals surface area contributed by atoms with Crippen molar-refractivity contribution in [3.8, 4) is 0 Å². The van der Waals surface area contributed by atoms with Gasteiger partial charge in [0.2, 0.25) is 11.8 Å². The number of benzene rings is 1. The molecule has 1 saturated carbocycles. The number of anilines is 3. The number of aromatic nitrogens is 2. The highest BCUT2D eigenvalue weighted by atomic mass is 35.5. The van der Waals surface area contributed by atoms with Crippen molar-refractivity contribution in [2.45, 2.75) is 44.3 Å². The third-order valence-electron chi connectivity index (χ3n) is 6.79. The van der Waals surface area contributed by atoms with Crippen LogP contribution in [0.2, 0.25) is 5.02 Å². The van der Waals surface area contributed by atoms with Gasteiger partial charge in [-0.2, -0.15) is 0 Å². The number of amides is 2. The van der Waals surface area contributed by atoms with Gasteiger partial charge in [0.25, 0.3) is 0 Å². The lowest BCUT2D eigenvalue weighted by atomic mass is 9.96. The Kier molecular flexibility index (Phi) is 6.07. The minimum Gasteiger partial charge on any atom is -0.359 e. The molecule has 34 heavy (non-hydrogen) atoms. The van der Waals surface area contributed by atoms with Crippen LogP contribution in [0.5, 0.6) is 0 Å². The van der Waals surface area contributed by atoms with Crippen molar-refractivity contribution in [1.82, 2.24) is 20.2 Å². The standard InChI is InChI=1S/C24H30ClN7O2/c1-14(2)26-11-17(15-4-6-16(25)7-5-15)24(34)32-9-8-31(18-10-19(18)32)23-21-22(27-13-28-23)29-20(33)12-30(21)3/h4-7,13-14,17-19,26H,8-12H2,1-3H3,(H,27,28,29,33)/t17-,18?,19-/m1/s1. The third kappa shape index (κ3) is 4.30. The number of nitrogens with one attached hydrogen (secondary N) is 2. The van der Waals surface area contributed by atoms with E-state index in [2.05, 4.69) is 39.3 Å². The molecule has 0 radical (unpaired) electrons. The van der Waals surface area contributed by atoms with Crippen molar-refractivity contribution in [3.05, 3.63) is 41.2 Å². The first-order valence-corrected chi connectivity index (χ1v) is 12.1. The van der Waals surface area contributed by atoms with Gasteiger partial charge >= 0.3 is 0 Å². The number of carbonyl (C=O) groups excluding carboxylic acids is 2. The molecule has 2 aromatic rings. The lowest BCUT2D eigenvalue weighted by Crippen LogP contribution is -2.52. The number of hydrogen-bond acceptors (Lipinski definition) is 7. The lowest BCUT2D eigenvalue weighted by molar-refractivity contribution is -0.133. The summed E-state index contributed by atoms with van der Waals surface area (Å²) in [5.74, 6) is 1.17. The molecule has 3 aliphatic rings. The van der Waals surface area contributed by atoms with E-state index >= 15 is 0 Å². The average Bonchev–Trinajstić information content (AvgIpc) is 3.60. The summed E-state index contributed by atoms with van der Waals surface area (Å²) in [6.45, 7) is 6.33. The Balaban J connectivity index is 1.35. The van der Waals surface area contributed by atoms with E-state index < -0.39 is 0 Å². The number of halogens is 1. The molecule has 3 atom stereocenters. The molecule has 2 N–H and O–H groups in total. The maximum Gasteiger partial charge on any atom is 0.245 e. The van der Waals surface area contributed by atoms with Crippen LogP contribution in [0.3, 0.4) is 0 Å². The van der Waals surface area contributed by atoms with Crippen LogP contribution in [-0.2, 0) is 9.59 Å². The van der Waals surface area contributed by atoms with Gasteiger partial charge in [-0.1, -0.05) is 37.6 Å². The zero-order chi connectivity index (χ0) is 24.0. The fourth-order valence-electron chi connectivity index (χ4n) is 5.01.